The number of nitrogens with one attached hydrogen (secondary N) is 2. The molecule has 7 heteroatoms. The predicted molar refractivity (Wildman–Crippen MR) is 133 cm³/mol. The Bertz CT molecular complexity index is 1050. The van der Waals surface area contributed by atoms with E-state index in [1.165, 1.54) is 0 Å². The van der Waals surface area contributed by atoms with Crippen LogP contribution in [0.4, 0.5) is 4.79 Å². The molecule has 0 radical (unpaired) electrons. The highest BCUT2D eigenvalue weighted by Gasteiger charge is 2.26. The first-order chi connectivity index (χ1) is 16.5. The number of aromatic nitrogens is 2. The molecule has 0 aliphatic rings. The van der Waals surface area contributed by atoms with Gasteiger partial charge in [-0.1, -0.05) is 68.8 Å². The van der Waals surface area contributed by atoms with Crippen LogP contribution >= 0.6 is 0 Å². The fraction of sp³-hybridized carbons (Fsp3) is 0.370. The maximum Gasteiger partial charge on any atom is 0.408 e. The molecule has 2 N–H and O–H groups in total. The van der Waals surface area contributed by atoms with E-state index in [-0.39, 0.29) is 18.4 Å². The second kappa shape index (κ2) is 12.6. The van der Waals surface area contributed by atoms with Crippen molar-refractivity contribution in [3.8, 4) is 5.69 Å². The lowest BCUT2D eigenvalue weighted by atomic mass is 9.98. The summed E-state index contributed by atoms with van der Waals surface area (Å²) in [4.78, 5) is 25.1. The number of alkyl carbamates (subject to hydrolysis) is 1. The number of nitrogens with zero attached hydrogens (tertiary/aromatic N) is 2. The van der Waals surface area contributed by atoms with Crippen molar-refractivity contribution >= 4 is 12.0 Å². The van der Waals surface area contributed by atoms with E-state index in [1.54, 1.807) is 0 Å². The maximum absolute atomic E-state index is 12.8. The van der Waals surface area contributed by atoms with Crippen molar-refractivity contribution in [3.63, 3.8) is 0 Å². The molecule has 0 aliphatic heterocycles. The number of amides is 2. The Morgan fingerprint density at radius 2 is 1.74 bits per heavy atom. The first-order valence-electron chi connectivity index (χ1n) is 11.8. The standard InChI is InChI=1S/C27H34N4O3/c1-4-20(2)25(29-27(33)34-19-22-12-7-5-8-13-22)26(32)28-17-11-14-23-18-31(30-21(23)3)24-15-9-6-10-16-24/h5-10,12-13,15-16,18,20,25H,4,11,14,17,19H2,1-3H3,(H,28,32)(H,29,33)/t20-,25-/m0/s1. The molecule has 1 heterocycles. The summed E-state index contributed by atoms with van der Waals surface area (Å²) in [6.07, 6.45) is 3.79. The number of rotatable bonds is 11. The molecule has 2 amide bonds. The molecule has 3 aromatic rings. The Labute approximate surface area is 201 Å². The summed E-state index contributed by atoms with van der Waals surface area (Å²) in [5.41, 5.74) is 4.05. The molecular formula is C27H34N4O3. The number of aryl methyl sites for hydroxylation is 2. The van der Waals surface area contributed by atoms with E-state index in [2.05, 4.69) is 15.7 Å². The Morgan fingerprint density at radius 1 is 1.06 bits per heavy atom. The van der Waals surface area contributed by atoms with Gasteiger partial charge in [-0.25, -0.2) is 9.48 Å². The molecular weight excluding hydrogens is 428 g/mol. The summed E-state index contributed by atoms with van der Waals surface area (Å²) in [5, 5.41) is 10.3. The number of hydrogen-bond donors (Lipinski definition) is 2. The Morgan fingerprint density at radius 3 is 2.41 bits per heavy atom. The zero-order valence-corrected chi connectivity index (χ0v) is 20.2. The quantitative estimate of drug-likeness (QED) is 0.409. The van der Waals surface area contributed by atoms with Crippen LogP contribution in [0, 0.1) is 12.8 Å². The number of para-hydroxylation sites is 1. The highest BCUT2D eigenvalue weighted by molar-refractivity contribution is 5.85. The maximum atomic E-state index is 12.8. The lowest BCUT2D eigenvalue weighted by Crippen LogP contribution is -2.50. The van der Waals surface area contributed by atoms with Gasteiger partial charge < -0.3 is 15.4 Å². The SMILES string of the molecule is CC[C@H](C)[C@H](NC(=O)OCc1ccccc1)C(=O)NCCCc1cn(-c2ccccc2)nc1C. The Balaban J connectivity index is 1.47. The molecule has 0 unspecified atom stereocenters. The van der Waals surface area contributed by atoms with Crippen LogP contribution in [-0.4, -0.2) is 34.4 Å². The van der Waals surface area contributed by atoms with Crippen molar-refractivity contribution in [2.24, 2.45) is 5.92 Å². The average Bonchev–Trinajstić information content (AvgIpc) is 3.24. The van der Waals surface area contributed by atoms with Crippen molar-refractivity contribution in [1.29, 1.82) is 0 Å². The van der Waals surface area contributed by atoms with E-state index in [0.717, 1.165) is 41.8 Å². The molecule has 0 aliphatic carbocycles. The van der Waals surface area contributed by atoms with Crippen LogP contribution < -0.4 is 10.6 Å². The first kappa shape index (κ1) is 25.0. The third-order valence-electron chi connectivity index (χ3n) is 5.92. The van der Waals surface area contributed by atoms with Crippen molar-refractivity contribution in [3.05, 3.63) is 83.7 Å². The summed E-state index contributed by atoms with van der Waals surface area (Å²) in [5.74, 6) is -0.210. The number of hydrogen-bond acceptors (Lipinski definition) is 4. The lowest BCUT2D eigenvalue weighted by Gasteiger charge is -2.23. The molecule has 0 fully saturated rings. The molecule has 2 aromatic carbocycles. The van der Waals surface area contributed by atoms with E-state index < -0.39 is 12.1 Å². The molecule has 180 valence electrons. The van der Waals surface area contributed by atoms with E-state index in [9.17, 15) is 9.59 Å². The van der Waals surface area contributed by atoms with Crippen LogP contribution in [-0.2, 0) is 22.6 Å². The molecule has 3 rings (SSSR count). The highest BCUT2D eigenvalue weighted by Crippen LogP contribution is 2.14. The number of carbonyl (C=O) groups excluding carboxylic acids is 2. The third kappa shape index (κ3) is 7.20. The van der Waals surface area contributed by atoms with Gasteiger partial charge in [-0.05, 0) is 48.9 Å². The van der Waals surface area contributed by atoms with E-state index >= 15 is 0 Å². The van der Waals surface area contributed by atoms with Crippen molar-refractivity contribution in [1.82, 2.24) is 20.4 Å². The van der Waals surface area contributed by atoms with Crippen molar-refractivity contribution < 1.29 is 14.3 Å². The van der Waals surface area contributed by atoms with Gasteiger partial charge in [0, 0.05) is 12.7 Å². The van der Waals surface area contributed by atoms with Crippen LogP contribution in [0.1, 0.15) is 43.5 Å². The van der Waals surface area contributed by atoms with Crippen LogP contribution in [0.2, 0.25) is 0 Å². The normalized spacial score (nSPS) is 12.6. The molecule has 34 heavy (non-hydrogen) atoms. The van der Waals surface area contributed by atoms with Crippen LogP contribution in [0.3, 0.4) is 0 Å². The number of ether oxygens (including phenoxy) is 1. The molecule has 2 atom stereocenters. The largest absolute Gasteiger partial charge is 0.445 e. The molecule has 0 saturated heterocycles. The number of carbonyl (C=O) groups is 2. The topological polar surface area (TPSA) is 85.2 Å². The van der Waals surface area contributed by atoms with Gasteiger partial charge in [-0.3, -0.25) is 4.79 Å². The minimum Gasteiger partial charge on any atom is -0.445 e. The molecule has 0 spiro atoms. The van der Waals surface area contributed by atoms with Gasteiger partial charge >= 0.3 is 6.09 Å². The van der Waals surface area contributed by atoms with Gasteiger partial charge in [0.15, 0.2) is 0 Å². The Kier molecular flexibility index (Phi) is 9.26. The summed E-state index contributed by atoms with van der Waals surface area (Å²) in [6, 6.07) is 18.8. The van der Waals surface area contributed by atoms with Gasteiger partial charge in [-0.2, -0.15) is 5.10 Å². The summed E-state index contributed by atoms with van der Waals surface area (Å²) >= 11 is 0. The zero-order chi connectivity index (χ0) is 24.3. The van der Waals surface area contributed by atoms with Crippen molar-refractivity contribution in [2.45, 2.75) is 52.7 Å². The third-order valence-corrected chi connectivity index (χ3v) is 5.92. The highest BCUT2D eigenvalue weighted by atomic mass is 16.5. The average molecular weight is 463 g/mol. The van der Waals surface area contributed by atoms with Crippen molar-refractivity contribution in [2.75, 3.05) is 6.54 Å². The van der Waals surface area contributed by atoms with Gasteiger partial charge in [0.05, 0.1) is 11.4 Å². The number of benzene rings is 2. The smallest absolute Gasteiger partial charge is 0.408 e. The van der Waals surface area contributed by atoms with Gasteiger partial charge in [0.1, 0.15) is 12.6 Å². The monoisotopic (exact) mass is 462 g/mol. The van der Waals surface area contributed by atoms with Gasteiger partial charge in [0.2, 0.25) is 5.91 Å². The minimum absolute atomic E-state index is 0.0179. The fourth-order valence-corrected chi connectivity index (χ4v) is 3.65. The molecule has 0 bridgehead atoms. The minimum atomic E-state index is -0.643. The molecule has 1 aromatic heterocycles. The predicted octanol–water partition coefficient (Wildman–Crippen LogP) is 4.57. The van der Waals surface area contributed by atoms with Crippen LogP contribution in [0.5, 0.6) is 0 Å². The van der Waals surface area contributed by atoms with Gasteiger partial charge in [0.25, 0.3) is 0 Å². The van der Waals surface area contributed by atoms with Crippen LogP contribution in [0.15, 0.2) is 66.9 Å². The second-order valence-electron chi connectivity index (χ2n) is 8.48. The summed E-state index contributed by atoms with van der Waals surface area (Å²) < 4.78 is 7.18. The summed E-state index contributed by atoms with van der Waals surface area (Å²) in [7, 11) is 0. The Hall–Kier alpha value is -3.61. The van der Waals surface area contributed by atoms with E-state index in [0.29, 0.717) is 6.54 Å². The van der Waals surface area contributed by atoms with Crippen LogP contribution in [0.25, 0.3) is 5.69 Å². The van der Waals surface area contributed by atoms with E-state index in [4.69, 9.17) is 4.74 Å². The zero-order valence-electron chi connectivity index (χ0n) is 20.2. The molecule has 7 nitrogen and oxygen atoms in total. The van der Waals surface area contributed by atoms with E-state index in [1.807, 2.05) is 92.3 Å². The lowest BCUT2D eigenvalue weighted by molar-refractivity contribution is -0.124. The fourth-order valence-electron chi connectivity index (χ4n) is 3.65. The molecule has 0 saturated carbocycles. The summed E-state index contributed by atoms with van der Waals surface area (Å²) in [6.45, 7) is 6.62. The first-order valence-corrected chi connectivity index (χ1v) is 11.8. The second-order valence-corrected chi connectivity index (χ2v) is 8.48. The van der Waals surface area contributed by atoms with Gasteiger partial charge in [-0.15, -0.1) is 0 Å².